The summed E-state index contributed by atoms with van der Waals surface area (Å²) in [4.78, 5) is 27.6. The van der Waals surface area contributed by atoms with Crippen LogP contribution in [0.15, 0.2) is 36.4 Å². The van der Waals surface area contributed by atoms with Crippen molar-refractivity contribution >= 4 is 11.8 Å². The fourth-order valence-corrected chi connectivity index (χ4v) is 3.39. The maximum Gasteiger partial charge on any atom is 0.261 e. The molecule has 0 aromatic heterocycles. The van der Waals surface area contributed by atoms with Gasteiger partial charge in [-0.05, 0) is 81.8 Å². The summed E-state index contributed by atoms with van der Waals surface area (Å²) in [6.07, 6.45) is 0.833. The van der Waals surface area contributed by atoms with Gasteiger partial charge in [-0.3, -0.25) is 9.59 Å². The van der Waals surface area contributed by atoms with Gasteiger partial charge in [0, 0.05) is 12.6 Å². The summed E-state index contributed by atoms with van der Waals surface area (Å²) in [6, 6.07) is 11.4. The van der Waals surface area contributed by atoms with Gasteiger partial charge in [0.1, 0.15) is 11.8 Å². The number of benzene rings is 2. The Morgan fingerprint density at radius 2 is 1.71 bits per heavy atom. The molecule has 0 aliphatic heterocycles. The van der Waals surface area contributed by atoms with Crippen LogP contribution in [0.5, 0.6) is 5.75 Å². The van der Waals surface area contributed by atoms with Gasteiger partial charge in [0.15, 0.2) is 6.61 Å². The number of hydrogen-bond acceptors (Lipinski definition) is 3. The molecular weight excluding hydrogens is 388 g/mol. The lowest BCUT2D eigenvalue weighted by Gasteiger charge is -2.30. The van der Waals surface area contributed by atoms with Gasteiger partial charge < -0.3 is 15.0 Å². The SMILES string of the molecule is CC[C@H](C)NC(=O)[C@@H](C)N(Cc1ccccc1C)C(=O)COc1cc(C)cc(C)c1C. The van der Waals surface area contributed by atoms with E-state index in [1.54, 1.807) is 11.8 Å². The molecule has 0 saturated carbocycles. The van der Waals surface area contributed by atoms with Crippen molar-refractivity contribution in [1.29, 1.82) is 0 Å². The van der Waals surface area contributed by atoms with Gasteiger partial charge in [0.25, 0.3) is 5.91 Å². The predicted octanol–water partition coefficient (Wildman–Crippen LogP) is 4.63. The molecule has 0 aliphatic carbocycles. The van der Waals surface area contributed by atoms with Crippen molar-refractivity contribution in [2.45, 2.75) is 73.5 Å². The molecule has 5 nitrogen and oxygen atoms in total. The third-order valence-corrected chi connectivity index (χ3v) is 5.89. The molecule has 2 aromatic rings. The second-order valence-electron chi connectivity index (χ2n) is 8.44. The Morgan fingerprint density at radius 3 is 2.35 bits per heavy atom. The van der Waals surface area contributed by atoms with E-state index < -0.39 is 6.04 Å². The molecule has 1 N–H and O–H groups in total. The van der Waals surface area contributed by atoms with Crippen LogP contribution in [0.4, 0.5) is 0 Å². The highest BCUT2D eigenvalue weighted by molar-refractivity contribution is 5.88. The maximum atomic E-state index is 13.2. The number of amides is 2. The summed E-state index contributed by atoms with van der Waals surface area (Å²) in [5, 5.41) is 2.99. The summed E-state index contributed by atoms with van der Waals surface area (Å²) >= 11 is 0. The van der Waals surface area contributed by atoms with Gasteiger partial charge in [-0.2, -0.15) is 0 Å². The monoisotopic (exact) mass is 424 g/mol. The lowest BCUT2D eigenvalue weighted by molar-refractivity contribution is -0.142. The van der Waals surface area contributed by atoms with Crippen LogP contribution in [0.3, 0.4) is 0 Å². The molecule has 2 rings (SSSR count). The summed E-state index contributed by atoms with van der Waals surface area (Å²) in [5.74, 6) is 0.339. The molecule has 0 heterocycles. The van der Waals surface area contributed by atoms with Crippen LogP contribution >= 0.6 is 0 Å². The van der Waals surface area contributed by atoms with E-state index >= 15 is 0 Å². The number of carbonyl (C=O) groups excluding carboxylic acids is 2. The molecule has 0 spiro atoms. The van der Waals surface area contributed by atoms with E-state index in [-0.39, 0.29) is 24.5 Å². The number of nitrogens with zero attached hydrogens (tertiary/aromatic N) is 1. The number of rotatable bonds is 9. The lowest BCUT2D eigenvalue weighted by atomic mass is 10.1. The lowest BCUT2D eigenvalue weighted by Crippen LogP contribution is -2.50. The molecule has 0 unspecified atom stereocenters. The first-order valence-electron chi connectivity index (χ1n) is 11.0. The van der Waals surface area contributed by atoms with Gasteiger partial charge in [-0.25, -0.2) is 0 Å². The predicted molar refractivity (Wildman–Crippen MR) is 125 cm³/mol. The van der Waals surface area contributed by atoms with Crippen molar-refractivity contribution < 1.29 is 14.3 Å². The first-order chi connectivity index (χ1) is 14.6. The molecule has 2 amide bonds. The third kappa shape index (κ3) is 6.58. The highest BCUT2D eigenvalue weighted by Gasteiger charge is 2.27. The Kier molecular flexibility index (Phi) is 8.66. The van der Waals surface area contributed by atoms with E-state index in [0.717, 1.165) is 34.2 Å². The highest BCUT2D eigenvalue weighted by atomic mass is 16.5. The summed E-state index contributed by atoms with van der Waals surface area (Å²) < 4.78 is 5.92. The molecule has 2 aromatic carbocycles. The largest absolute Gasteiger partial charge is 0.483 e. The number of carbonyl (C=O) groups is 2. The Bertz CT molecular complexity index is 923. The smallest absolute Gasteiger partial charge is 0.261 e. The molecule has 31 heavy (non-hydrogen) atoms. The zero-order chi connectivity index (χ0) is 23.1. The maximum absolute atomic E-state index is 13.2. The van der Waals surface area contributed by atoms with Crippen molar-refractivity contribution in [3.8, 4) is 5.75 Å². The van der Waals surface area contributed by atoms with Crippen LogP contribution < -0.4 is 10.1 Å². The van der Waals surface area contributed by atoms with Crippen LogP contribution in [-0.2, 0) is 16.1 Å². The van der Waals surface area contributed by atoms with E-state index in [9.17, 15) is 9.59 Å². The Hall–Kier alpha value is -2.82. The van der Waals surface area contributed by atoms with E-state index in [4.69, 9.17) is 4.74 Å². The fraction of sp³-hybridized carbons (Fsp3) is 0.462. The van der Waals surface area contributed by atoms with Crippen molar-refractivity contribution in [1.82, 2.24) is 10.2 Å². The van der Waals surface area contributed by atoms with Crippen LogP contribution in [-0.4, -0.2) is 35.4 Å². The molecule has 0 aliphatic rings. The second kappa shape index (κ2) is 11.0. The quantitative estimate of drug-likeness (QED) is 0.638. The van der Waals surface area contributed by atoms with Gasteiger partial charge in [-0.15, -0.1) is 0 Å². The van der Waals surface area contributed by atoms with Crippen molar-refractivity contribution in [3.63, 3.8) is 0 Å². The number of aryl methyl sites for hydroxylation is 3. The van der Waals surface area contributed by atoms with Crippen LogP contribution in [0.2, 0.25) is 0 Å². The summed E-state index contributed by atoms with van der Waals surface area (Å²) in [5.41, 5.74) is 5.33. The Morgan fingerprint density at radius 1 is 1.03 bits per heavy atom. The van der Waals surface area contributed by atoms with E-state index in [2.05, 4.69) is 11.4 Å². The highest BCUT2D eigenvalue weighted by Crippen LogP contribution is 2.23. The molecule has 0 saturated heterocycles. The normalized spacial score (nSPS) is 12.7. The van der Waals surface area contributed by atoms with Crippen LogP contribution in [0.1, 0.15) is 55.0 Å². The van der Waals surface area contributed by atoms with Gasteiger partial charge >= 0.3 is 0 Å². The number of hydrogen-bond donors (Lipinski definition) is 1. The second-order valence-corrected chi connectivity index (χ2v) is 8.44. The number of ether oxygens (including phenoxy) is 1. The minimum Gasteiger partial charge on any atom is -0.483 e. The first kappa shape index (κ1) is 24.4. The van der Waals surface area contributed by atoms with E-state index in [1.807, 2.05) is 71.9 Å². The van der Waals surface area contributed by atoms with Gasteiger partial charge in [0.2, 0.25) is 5.91 Å². The van der Waals surface area contributed by atoms with E-state index in [1.165, 1.54) is 0 Å². The Balaban J connectivity index is 2.23. The average molecular weight is 425 g/mol. The Labute approximate surface area is 186 Å². The molecule has 5 heteroatoms. The van der Waals surface area contributed by atoms with Crippen molar-refractivity contribution in [2.75, 3.05) is 6.61 Å². The van der Waals surface area contributed by atoms with Crippen LogP contribution in [0, 0.1) is 27.7 Å². The minimum atomic E-state index is -0.606. The average Bonchev–Trinajstić information content (AvgIpc) is 2.73. The van der Waals surface area contributed by atoms with Crippen molar-refractivity contribution in [2.24, 2.45) is 0 Å². The van der Waals surface area contributed by atoms with Gasteiger partial charge in [-0.1, -0.05) is 37.3 Å². The molecular formula is C26H36N2O3. The van der Waals surface area contributed by atoms with Gasteiger partial charge in [0.05, 0.1) is 0 Å². The summed E-state index contributed by atoms with van der Waals surface area (Å²) in [6.45, 7) is 14.0. The zero-order valence-electron chi connectivity index (χ0n) is 19.9. The minimum absolute atomic E-state index is 0.0551. The zero-order valence-corrected chi connectivity index (χ0v) is 19.9. The molecule has 0 fully saturated rings. The summed E-state index contributed by atoms with van der Waals surface area (Å²) in [7, 11) is 0. The molecule has 0 radical (unpaired) electrons. The third-order valence-electron chi connectivity index (χ3n) is 5.89. The molecule has 0 bridgehead atoms. The van der Waals surface area contributed by atoms with Crippen LogP contribution in [0.25, 0.3) is 0 Å². The molecule has 2 atom stereocenters. The first-order valence-corrected chi connectivity index (χ1v) is 11.0. The fourth-order valence-electron chi connectivity index (χ4n) is 3.39. The van der Waals surface area contributed by atoms with E-state index in [0.29, 0.717) is 12.3 Å². The van der Waals surface area contributed by atoms with Crippen molar-refractivity contribution in [3.05, 3.63) is 64.2 Å². The molecule has 168 valence electrons. The standard InChI is InChI=1S/C26H36N2O3/c1-8-20(5)27-26(30)22(7)28(15-23-12-10-9-11-18(23)3)25(29)16-31-24-14-17(2)13-19(4)21(24)6/h9-14,20,22H,8,15-16H2,1-7H3,(H,27,30)/t20-,22+/m0/s1. The number of nitrogens with one attached hydrogen (secondary N) is 1. The topological polar surface area (TPSA) is 58.6 Å².